The van der Waals surface area contributed by atoms with Gasteiger partial charge in [0.15, 0.2) is 17.3 Å². The first-order chi connectivity index (χ1) is 9.51. The van der Waals surface area contributed by atoms with Crippen molar-refractivity contribution >= 4 is 33.3 Å². The number of rotatable bonds is 4. The molecule has 2 aromatic rings. The molecule has 5 heteroatoms. The Kier molecular flexibility index (Phi) is 4.78. The van der Waals surface area contributed by atoms with E-state index in [1.165, 1.54) is 13.2 Å². The van der Waals surface area contributed by atoms with Gasteiger partial charge in [0.05, 0.1) is 7.11 Å². The van der Waals surface area contributed by atoms with Gasteiger partial charge in [-0.15, -0.1) is 0 Å². The summed E-state index contributed by atoms with van der Waals surface area (Å²) in [6, 6.07) is 9.64. The summed E-state index contributed by atoms with van der Waals surface area (Å²) in [4.78, 5) is 12.2. The molecule has 0 atom stereocenters. The Morgan fingerprint density at radius 3 is 2.75 bits per heavy atom. The number of halogens is 3. The predicted octanol–water partition coefficient (Wildman–Crippen LogP) is 4.68. The highest BCUT2D eigenvalue weighted by Crippen LogP contribution is 2.23. The third-order valence-corrected chi connectivity index (χ3v) is 3.47. The maximum atomic E-state index is 14.0. The van der Waals surface area contributed by atoms with E-state index >= 15 is 0 Å². The van der Waals surface area contributed by atoms with Gasteiger partial charge in [-0.25, -0.2) is 4.39 Å². The van der Waals surface area contributed by atoms with Crippen LogP contribution in [0.5, 0.6) is 5.75 Å². The first kappa shape index (κ1) is 15.0. The van der Waals surface area contributed by atoms with Crippen LogP contribution in [0.2, 0.25) is 5.02 Å². The van der Waals surface area contributed by atoms with E-state index in [-0.39, 0.29) is 18.0 Å². The van der Waals surface area contributed by atoms with Gasteiger partial charge >= 0.3 is 0 Å². The highest BCUT2D eigenvalue weighted by Gasteiger charge is 2.14. The molecule has 0 saturated carbocycles. The number of hydrogen-bond donors (Lipinski definition) is 0. The third-order valence-electron chi connectivity index (χ3n) is 2.80. The Balaban J connectivity index is 2.28. The monoisotopic (exact) mass is 356 g/mol. The highest BCUT2D eigenvalue weighted by atomic mass is 79.9. The van der Waals surface area contributed by atoms with Gasteiger partial charge in [-0.3, -0.25) is 4.79 Å². The van der Waals surface area contributed by atoms with Gasteiger partial charge in [0.25, 0.3) is 0 Å². The molecule has 0 unspecified atom stereocenters. The highest BCUT2D eigenvalue weighted by molar-refractivity contribution is 9.10. The summed E-state index contributed by atoms with van der Waals surface area (Å²) in [6.45, 7) is 0. The van der Waals surface area contributed by atoms with E-state index in [9.17, 15) is 9.18 Å². The molecule has 0 spiro atoms. The largest absolute Gasteiger partial charge is 0.494 e. The second-order valence-corrected chi connectivity index (χ2v) is 5.54. The molecule has 0 radical (unpaired) electrons. The second-order valence-electron chi connectivity index (χ2n) is 4.19. The van der Waals surface area contributed by atoms with E-state index in [1.54, 1.807) is 30.3 Å². The lowest BCUT2D eigenvalue weighted by molar-refractivity contribution is 0.0991. The van der Waals surface area contributed by atoms with Crippen molar-refractivity contribution < 1.29 is 13.9 Å². The van der Waals surface area contributed by atoms with E-state index in [2.05, 4.69) is 15.9 Å². The molecule has 0 amide bonds. The number of benzene rings is 2. The zero-order valence-electron chi connectivity index (χ0n) is 10.6. The minimum atomic E-state index is -0.510. The van der Waals surface area contributed by atoms with Gasteiger partial charge in [0, 0.05) is 21.5 Å². The Hall–Kier alpha value is -1.39. The van der Waals surface area contributed by atoms with E-state index in [0.29, 0.717) is 20.6 Å². The van der Waals surface area contributed by atoms with Crippen LogP contribution in [0.1, 0.15) is 15.9 Å². The number of carbonyl (C=O) groups is 1. The van der Waals surface area contributed by atoms with Crippen LogP contribution in [0.25, 0.3) is 0 Å². The van der Waals surface area contributed by atoms with Crippen LogP contribution < -0.4 is 4.74 Å². The summed E-state index contributed by atoms with van der Waals surface area (Å²) in [7, 11) is 1.39. The fraction of sp³-hybridized carbons (Fsp3) is 0.133. The van der Waals surface area contributed by atoms with Crippen molar-refractivity contribution in [2.45, 2.75) is 6.42 Å². The molecule has 0 heterocycles. The van der Waals surface area contributed by atoms with E-state index < -0.39 is 5.82 Å². The topological polar surface area (TPSA) is 26.3 Å². The number of carbonyl (C=O) groups excluding carboxylic acids is 1. The average molecular weight is 358 g/mol. The third kappa shape index (κ3) is 3.38. The number of ether oxygens (including phenoxy) is 1. The molecule has 104 valence electrons. The van der Waals surface area contributed by atoms with E-state index in [4.69, 9.17) is 16.3 Å². The van der Waals surface area contributed by atoms with Crippen LogP contribution in [0, 0.1) is 5.82 Å². The minimum Gasteiger partial charge on any atom is -0.494 e. The molecule has 0 aromatic heterocycles. The quantitative estimate of drug-likeness (QED) is 0.743. The molecule has 2 aromatic carbocycles. The fourth-order valence-corrected chi connectivity index (χ4v) is 2.70. The van der Waals surface area contributed by atoms with Gasteiger partial charge in [-0.05, 0) is 29.8 Å². The Labute approximate surface area is 129 Å². The molecule has 0 fully saturated rings. The summed E-state index contributed by atoms with van der Waals surface area (Å²) < 4.78 is 19.6. The Morgan fingerprint density at radius 1 is 1.35 bits per heavy atom. The summed E-state index contributed by atoms with van der Waals surface area (Å²) in [5, 5.41) is 0.453. The lowest BCUT2D eigenvalue weighted by atomic mass is 10.0. The summed E-state index contributed by atoms with van der Waals surface area (Å²) in [5.41, 5.74) is 0.733. The SMILES string of the molecule is COc1cccc(CC(=O)c2cc(Cl)cc(Br)c2)c1F. The molecule has 20 heavy (non-hydrogen) atoms. The first-order valence-corrected chi connectivity index (χ1v) is 6.99. The first-order valence-electron chi connectivity index (χ1n) is 5.82. The molecule has 0 aliphatic carbocycles. The molecule has 0 aliphatic rings. The van der Waals surface area contributed by atoms with Crippen LogP contribution >= 0.6 is 27.5 Å². The smallest absolute Gasteiger partial charge is 0.168 e. The Bertz CT molecular complexity index is 638. The number of methoxy groups -OCH3 is 1. The molecule has 2 rings (SSSR count). The molecular formula is C15H11BrClFO2. The van der Waals surface area contributed by atoms with Crippen molar-refractivity contribution in [2.24, 2.45) is 0 Å². The maximum Gasteiger partial charge on any atom is 0.168 e. The van der Waals surface area contributed by atoms with Crippen LogP contribution in [0.3, 0.4) is 0 Å². The van der Waals surface area contributed by atoms with Gasteiger partial charge in [-0.2, -0.15) is 0 Å². The summed E-state index contributed by atoms with van der Waals surface area (Å²) in [5.74, 6) is -0.590. The molecule has 0 aliphatic heterocycles. The predicted molar refractivity (Wildman–Crippen MR) is 80.1 cm³/mol. The van der Waals surface area contributed by atoms with Crippen molar-refractivity contribution in [3.05, 3.63) is 62.8 Å². The fourth-order valence-electron chi connectivity index (χ4n) is 1.84. The zero-order valence-corrected chi connectivity index (χ0v) is 13.0. The minimum absolute atomic E-state index is 0.0458. The molecule has 2 nitrogen and oxygen atoms in total. The lowest BCUT2D eigenvalue weighted by Gasteiger charge is -2.07. The van der Waals surface area contributed by atoms with Crippen LogP contribution in [-0.2, 0) is 6.42 Å². The summed E-state index contributed by atoms with van der Waals surface area (Å²) in [6.07, 6.45) is -0.0458. The number of ketones is 1. The number of Topliss-reactive ketones (excluding diaryl/α,β-unsaturated/α-hetero) is 1. The van der Waals surface area contributed by atoms with Crippen molar-refractivity contribution in [3.8, 4) is 5.75 Å². The van der Waals surface area contributed by atoms with Crippen molar-refractivity contribution in [1.29, 1.82) is 0 Å². The Morgan fingerprint density at radius 2 is 2.10 bits per heavy atom. The molecule has 0 N–H and O–H groups in total. The standard InChI is InChI=1S/C15H11BrClFO2/c1-20-14-4-2-3-9(15(14)18)7-13(19)10-5-11(16)8-12(17)6-10/h2-6,8H,7H2,1H3. The molecule has 0 saturated heterocycles. The van der Waals surface area contributed by atoms with Gasteiger partial charge in [-0.1, -0.05) is 39.7 Å². The lowest BCUT2D eigenvalue weighted by Crippen LogP contribution is -2.06. The van der Waals surface area contributed by atoms with Crippen molar-refractivity contribution in [2.75, 3.05) is 7.11 Å². The van der Waals surface area contributed by atoms with Gasteiger partial charge in [0.1, 0.15) is 0 Å². The number of hydrogen-bond acceptors (Lipinski definition) is 2. The van der Waals surface area contributed by atoms with E-state index in [0.717, 1.165) is 0 Å². The van der Waals surface area contributed by atoms with Crippen LogP contribution in [0.4, 0.5) is 4.39 Å². The van der Waals surface area contributed by atoms with Crippen LogP contribution in [-0.4, -0.2) is 12.9 Å². The summed E-state index contributed by atoms with van der Waals surface area (Å²) >= 11 is 9.17. The van der Waals surface area contributed by atoms with E-state index in [1.807, 2.05) is 0 Å². The van der Waals surface area contributed by atoms with Gasteiger partial charge < -0.3 is 4.74 Å². The zero-order chi connectivity index (χ0) is 14.7. The normalized spacial score (nSPS) is 10.4. The molecule has 0 bridgehead atoms. The van der Waals surface area contributed by atoms with Gasteiger partial charge in [0.2, 0.25) is 0 Å². The second kappa shape index (κ2) is 6.37. The van der Waals surface area contributed by atoms with Crippen LogP contribution in [0.15, 0.2) is 40.9 Å². The average Bonchev–Trinajstić information content (AvgIpc) is 2.40. The van der Waals surface area contributed by atoms with Crippen molar-refractivity contribution in [3.63, 3.8) is 0 Å². The maximum absolute atomic E-state index is 14.0. The molecular weight excluding hydrogens is 347 g/mol. The van der Waals surface area contributed by atoms with Crippen molar-refractivity contribution in [1.82, 2.24) is 0 Å².